The van der Waals surface area contributed by atoms with Crippen LogP contribution in [-0.4, -0.2) is 34.5 Å². The lowest BCUT2D eigenvalue weighted by Crippen LogP contribution is -2.47. The highest BCUT2D eigenvalue weighted by atomic mass is 16.4. The van der Waals surface area contributed by atoms with Gasteiger partial charge in [-0.2, -0.15) is 0 Å². The summed E-state index contributed by atoms with van der Waals surface area (Å²) in [6.07, 6.45) is 3.30. The zero-order valence-electron chi connectivity index (χ0n) is 12.6. The lowest BCUT2D eigenvalue weighted by Gasteiger charge is -2.39. The molecule has 1 amide bonds. The summed E-state index contributed by atoms with van der Waals surface area (Å²) < 4.78 is 0. The third-order valence-corrected chi connectivity index (χ3v) is 4.73. The summed E-state index contributed by atoms with van der Waals surface area (Å²) in [7, 11) is 0. The zero-order valence-corrected chi connectivity index (χ0v) is 12.6. The summed E-state index contributed by atoms with van der Waals surface area (Å²) in [5.74, 6) is -0.323. The fourth-order valence-corrected chi connectivity index (χ4v) is 2.91. The van der Waals surface area contributed by atoms with Gasteiger partial charge in [-0.1, -0.05) is 20.8 Å². The Kier molecular flexibility index (Phi) is 5.39. The number of rotatable bonds is 5. The zero-order chi connectivity index (χ0) is 14.6. The molecule has 1 heterocycles. The van der Waals surface area contributed by atoms with Crippen LogP contribution in [0.2, 0.25) is 0 Å². The Balaban J connectivity index is 2.79. The smallest absolute Gasteiger partial charge is 0.310 e. The molecule has 1 aliphatic heterocycles. The highest BCUT2D eigenvalue weighted by Gasteiger charge is 2.39. The minimum atomic E-state index is -0.891. The molecule has 0 aromatic heterocycles. The number of likely N-dealkylation sites (tertiary alicyclic amines) is 1. The van der Waals surface area contributed by atoms with Gasteiger partial charge < -0.3 is 10.0 Å². The first-order valence-corrected chi connectivity index (χ1v) is 7.39. The van der Waals surface area contributed by atoms with Crippen molar-refractivity contribution in [3.05, 3.63) is 0 Å². The molecule has 1 N–H and O–H groups in total. The number of aliphatic carboxylic acids is 1. The summed E-state index contributed by atoms with van der Waals surface area (Å²) in [4.78, 5) is 25.8. The first-order valence-electron chi connectivity index (χ1n) is 7.39. The fraction of sp³-hybridized carbons (Fsp3) is 0.867. The van der Waals surface area contributed by atoms with Gasteiger partial charge in [-0.05, 0) is 38.5 Å². The molecule has 1 rings (SSSR count). The summed E-state index contributed by atoms with van der Waals surface area (Å²) in [5, 5.41) is 9.42. The average molecular weight is 269 g/mol. The van der Waals surface area contributed by atoms with Gasteiger partial charge in [0, 0.05) is 19.0 Å². The third kappa shape index (κ3) is 3.48. The molecule has 1 aliphatic rings. The van der Waals surface area contributed by atoms with Crippen LogP contribution in [0.4, 0.5) is 0 Å². The van der Waals surface area contributed by atoms with Crippen LogP contribution in [-0.2, 0) is 9.59 Å². The first-order chi connectivity index (χ1) is 8.86. The second-order valence-electron chi connectivity index (χ2n) is 6.05. The number of piperidine rings is 1. The van der Waals surface area contributed by atoms with Crippen LogP contribution in [0.15, 0.2) is 0 Å². The molecule has 1 saturated heterocycles. The molecule has 1 fully saturated rings. The van der Waals surface area contributed by atoms with Crippen LogP contribution < -0.4 is 0 Å². The van der Waals surface area contributed by atoms with E-state index in [-0.39, 0.29) is 18.4 Å². The van der Waals surface area contributed by atoms with Gasteiger partial charge in [-0.3, -0.25) is 9.59 Å². The molecular formula is C15H27NO3. The van der Waals surface area contributed by atoms with Crippen molar-refractivity contribution in [1.82, 2.24) is 4.90 Å². The molecule has 0 saturated carbocycles. The van der Waals surface area contributed by atoms with Crippen molar-refractivity contribution >= 4 is 11.9 Å². The summed E-state index contributed by atoms with van der Waals surface area (Å²) in [6, 6.07) is 0.240. The van der Waals surface area contributed by atoms with E-state index in [1.807, 2.05) is 18.7 Å². The van der Waals surface area contributed by atoms with Crippen LogP contribution in [0.1, 0.15) is 59.8 Å². The van der Waals surface area contributed by atoms with Gasteiger partial charge in [0.05, 0.1) is 5.41 Å². The molecule has 0 radical (unpaired) electrons. The predicted molar refractivity (Wildman–Crippen MR) is 74.8 cm³/mol. The maximum atomic E-state index is 12.5. The second-order valence-corrected chi connectivity index (χ2v) is 6.05. The second kappa shape index (κ2) is 6.40. The Bertz CT molecular complexity index is 336. The Morgan fingerprint density at radius 1 is 1.21 bits per heavy atom. The van der Waals surface area contributed by atoms with E-state index in [1.54, 1.807) is 0 Å². The molecule has 110 valence electrons. The monoisotopic (exact) mass is 269 g/mol. The third-order valence-electron chi connectivity index (χ3n) is 4.73. The van der Waals surface area contributed by atoms with Crippen LogP contribution in [0.25, 0.3) is 0 Å². The Hall–Kier alpha value is -1.06. The number of hydrogen-bond donors (Lipinski definition) is 1. The molecule has 2 atom stereocenters. The quantitative estimate of drug-likeness (QED) is 0.835. The van der Waals surface area contributed by atoms with E-state index in [1.165, 1.54) is 0 Å². The van der Waals surface area contributed by atoms with Gasteiger partial charge in [-0.15, -0.1) is 0 Å². The molecule has 4 nitrogen and oxygen atoms in total. The van der Waals surface area contributed by atoms with Crippen molar-refractivity contribution in [2.75, 3.05) is 6.54 Å². The highest BCUT2D eigenvalue weighted by molar-refractivity contribution is 5.85. The number of nitrogens with zero attached hydrogens (tertiary/aromatic N) is 1. The Morgan fingerprint density at radius 3 is 2.26 bits per heavy atom. The van der Waals surface area contributed by atoms with Crippen molar-refractivity contribution in [1.29, 1.82) is 0 Å². The number of hydrogen-bond acceptors (Lipinski definition) is 2. The van der Waals surface area contributed by atoms with E-state index in [0.29, 0.717) is 18.8 Å². The maximum absolute atomic E-state index is 12.5. The number of carbonyl (C=O) groups excluding carboxylic acids is 1. The van der Waals surface area contributed by atoms with Crippen LogP contribution in [0, 0.1) is 11.3 Å². The van der Waals surface area contributed by atoms with Crippen LogP contribution in [0.5, 0.6) is 0 Å². The number of carboxylic acids is 1. The van der Waals surface area contributed by atoms with Gasteiger partial charge in [0.1, 0.15) is 0 Å². The molecule has 0 aromatic rings. The van der Waals surface area contributed by atoms with Crippen molar-refractivity contribution in [2.45, 2.75) is 65.8 Å². The maximum Gasteiger partial charge on any atom is 0.310 e. The van der Waals surface area contributed by atoms with Gasteiger partial charge in [0.2, 0.25) is 5.91 Å². The van der Waals surface area contributed by atoms with E-state index >= 15 is 0 Å². The van der Waals surface area contributed by atoms with E-state index < -0.39 is 11.4 Å². The molecule has 0 aliphatic carbocycles. The molecule has 19 heavy (non-hydrogen) atoms. The first kappa shape index (κ1) is 16.0. The predicted octanol–water partition coefficient (Wildman–Crippen LogP) is 2.91. The standard InChI is InChI=1S/C15H27NO3/c1-5-15(6-2,14(18)19)9-13(17)16-10-11(3)7-8-12(16)4/h11-12H,5-10H2,1-4H3,(H,18,19). The number of carbonyl (C=O) groups is 2. The van der Waals surface area contributed by atoms with Crippen molar-refractivity contribution in [3.63, 3.8) is 0 Å². The largest absolute Gasteiger partial charge is 0.481 e. The summed E-state index contributed by atoms with van der Waals surface area (Å²) in [6.45, 7) is 8.68. The van der Waals surface area contributed by atoms with E-state index in [2.05, 4.69) is 13.8 Å². The van der Waals surface area contributed by atoms with Crippen LogP contribution >= 0.6 is 0 Å². The summed E-state index contributed by atoms with van der Waals surface area (Å²) in [5.41, 5.74) is -0.891. The van der Waals surface area contributed by atoms with E-state index in [4.69, 9.17) is 0 Å². The molecule has 0 aromatic carbocycles. The van der Waals surface area contributed by atoms with E-state index in [9.17, 15) is 14.7 Å². The SMILES string of the molecule is CCC(CC)(CC(=O)N1CC(C)CCC1C)C(=O)O. The van der Waals surface area contributed by atoms with Gasteiger partial charge >= 0.3 is 5.97 Å². The number of carboxylic acid groups (broad SMARTS) is 1. The lowest BCUT2D eigenvalue weighted by atomic mass is 9.78. The fourth-order valence-electron chi connectivity index (χ4n) is 2.91. The topological polar surface area (TPSA) is 57.6 Å². The van der Waals surface area contributed by atoms with Crippen molar-refractivity contribution in [3.8, 4) is 0 Å². The Morgan fingerprint density at radius 2 is 1.79 bits per heavy atom. The average Bonchev–Trinajstić information content (AvgIpc) is 2.38. The van der Waals surface area contributed by atoms with Crippen molar-refractivity contribution < 1.29 is 14.7 Å². The summed E-state index contributed by atoms with van der Waals surface area (Å²) >= 11 is 0. The number of amides is 1. The minimum absolute atomic E-state index is 0.00477. The van der Waals surface area contributed by atoms with Crippen LogP contribution in [0.3, 0.4) is 0 Å². The molecule has 0 bridgehead atoms. The minimum Gasteiger partial charge on any atom is -0.481 e. The lowest BCUT2D eigenvalue weighted by molar-refractivity contribution is -0.155. The normalized spacial score (nSPS) is 24.3. The molecule has 2 unspecified atom stereocenters. The Labute approximate surface area is 116 Å². The van der Waals surface area contributed by atoms with Gasteiger partial charge in [-0.25, -0.2) is 0 Å². The molecular weight excluding hydrogens is 242 g/mol. The molecule has 0 spiro atoms. The van der Waals surface area contributed by atoms with Gasteiger partial charge in [0.15, 0.2) is 0 Å². The molecule has 4 heteroatoms. The van der Waals surface area contributed by atoms with Crippen molar-refractivity contribution in [2.24, 2.45) is 11.3 Å². The highest BCUT2D eigenvalue weighted by Crippen LogP contribution is 2.33. The van der Waals surface area contributed by atoms with E-state index in [0.717, 1.165) is 19.4 Å². The van der Waals surface area contributed by atoms with Gasteiger partial charge in [0.25, 0.3) is 0 Å².